The van der Waals surface area contributed by atoms with Gasteiger partial charge >= 0.3 is 5.97 Å². The maximum atomic E-state index is 11.9. The molecule has 0 aromatic heterocycles. The molecule has 1 aliphatic heterocycles. The molecule has 1 N–H and O–H groups in total. The van der Waals surface area contributed by atoms with E-state index in [1.54, 1.807) is 18.2 Å². The number of carbonyl (C=O) groups excluding carboxylic acids is 2. The van der Waals surface area contributed by atoms with Gasteiger partial charge in [-0.1, -0.05) is 31.7 Å². The SMILES string of the molecule is O=C(COC(=O)/C=C/c1ccc2c(c1)OCO2)NC1CCCCCC1. The summed E-state index contributed by atoms with van der Waals surface area (Å²) in [7, 11) is 0. The third-order valence-electron chi connectivity index (χ3n) is 4.37. The second-order valence-corrected chi connectivity index (χ2v) is 6.31. The molecule has 1 heterocycles. The minimum atomic E-state index is -0.548. The summed E-state index contributed by atoms with van der Waals surface area (Å²) in [5, 5.41) is 2.95. The van der Waals surface area contributed by atoms with Crippen LogP contribution in [-0.4, -0.2) is 31.3 Å². The molecule has 134 valence electrons. The number of ether oxygens (including phenoxy) is 3. The Kier molecular flexibility index (Phi) is 5.93. The zero-order valence-corrected chi connectivity index (χ0v) is 14.2. The van der Waals surface area contributed by atoms with Crippen molar-refractivity contribution in [3.8, 4) is 11.5 Å². The van der Waals surface area contributed by atoms with Gasteiger partial charge in [-0.05, 0) is 36.6 Å². The van der Waals surface area contributed by atoms with Crippen LogP contribution in [0, 0.1) is 0 Å². The van der Waals surface area contributed by atoms with Crippen molar-refractivity contribution in [3.05, 3.63) is 29.8 Å². The number of carbonyl (C=O) groups is 2. The Morgan fingerprint density at radius 3 is 2.68 bits per heavy atom. The third-order valence-corrected chi connectivity index (χ3v) is 4.37. The Hall–Kier alpha value is -2.50. The van der Waals surface area contributed by atoms with Gasteiger partial charge in [0.05, 0.1) is 0 Å². The number of nitrogens with one attached hydrogen (secondary N) is 1. The molecule has 2 aliphatic rings. The van der Waals surface area contributed by atoms with Gasteiger partial charge < -0.3 is 19.5 Å². The second kappa shape index (κ2) is 8.55. The van der Waals surface area contributed by atoms with Gasteiger partial charge in [0, 0.05) is 12.1 Å². The maximum Gasteiger partial charge on any atom is 0.331 e. The van der Waals surface area contributed by atoms with Crippen molar-refractivity contribution in [2.24, 2.45) is 0 Å². The molecule has 1 saturated carbocycles. The summed E-state index contributed by atoms with van der Waals surface area (Å²) in [5.74, 6) is 0.554. The minimum absolute atomic E-state index is 0.206. The van der Waals surface area contributed by atoms with Gasteiger partial charge in [0.1, 0.15) is 0 Å². The Labute approximate surface area is 147 Å². The lowest BCUT2D eigenvalue weighted by atomic mass is 10.1. The van der Waals surface area contributed by atoms with Crippen LogP contribution in [0.15, 0.2) is 24.3 Å². The minimum Gasteiger partial charge on any atom is -0.454 e. The molecule has 0 unspecified atom stereocenters. The van der Waals surface area contributed by atoms with Crippen LogP contribution in [0.3, 0.4) is 0 Å². The van der Waals surface area contributed by atoms with E-state index in [1.807, 2.05) is 6.07 Å². The molecule has 6 nitrogen and oxygen atoms in total. The molecule has 0 saturated heterocycles. The molecule has 25 heavy (non-hydrogen) atoms. The normalized spacial score (nSPS) is 17.3. The van der Waals surface area contributed by atoms with Gasteiger partial charge in [-0.3, -0.25) is 4.79 Å². The number of amides is 1. The molecule has 0 radical (unpaired) electrons. The summed E-state index contributed by atoms with van der Waals surface area (Å²) in [6, 6.07) is 5.59. The van der Waals surface area contributed by atoms with Crippen LogP contribution in [-0.2, 0) is 14.3 Å². The molecule has 1 aromatic carbocycles. The highest BCUT2D eigenvalue weighted by molar-refractivity contribution is 5.89. The molecule has 0 atom stereocenters. The standard InChI is InChI=1S/C19H23NO5/c21-18(20-15-5-3-1-2-4-6-15)12-23-19(22)10-8-14-7-9-16-17(11-14)25-13-24-16/h7-11,15H,1-6,12-13H2,(H,20,21)/b10-8+. The number of esters is 1. The van der Waals surface area contributed by atoms with Crippen LogP contribution >= 0.6 is 0 Å². The zero-order chi connectivity index (χ0) is 17.5. The lowest BCUT2D eigenvalue weighted by molar-refractivity contribution is -0.144. The van der Waals surface area contributed by atoms with Gasteiger partial charge in [0.2, 0.25) is 6.79 Å². The Bertz CT molecular complexity index is 647. The second-order valence-electron chi connectivity index (χ2n) is 6.31. The fourth-order valence-electron chi connectivity index (χ4n) is 3.06. The summed E-state index contributed by atoms with van der Waals surface area (Å²) in [4.78, 5) is 23.6. The van der Waals surface area contributed by atoms with E-state index in [0.717, 1.165) is 31.2 Å². The monoisotopic (exact) mass is 345 g/mol. The van der Waals surface area contributed by atoms with Crippen molar-refractivity contribution >= 4 is 18.0 Å². The van der Waals surface area contributed by atoms with Crippen molar-refractivity contribution in [2.45, 2.75) is 44.6 Å². The highest BCUT2D eigenvalue weighted by Gasteiger charge is 2.15. The molecular formula is C19H23NO5. The first-order valence-corrected chi connectivity index (χ1v) is 8.74. The number of hydrogen-bond donors (Lipinski definition) is 1. The molecular weight excluding hydrogens is 322 g/mol. The molecule has 6 heteroatoms. The first kappa shape index (κ1) is 17.3. The first-order valence-electron chi connectivity index (χ1n) is 8.74. The number of fused-ring (bicyclic) bond motifs is 1. The molecule has 0 bridgehead atoms. The lowest BCUT2D eigenvalue weighted by Crippen LogP contribution is -2.37. The van der Waals surface area contributed by atoms with Crippen LogP contribution in [0.4, 0.5) is 0 Å². The summed E-state index contributed by atoms with van der Waals surface area (Å²) in [6.45, 7) is -0.0402. The Morgan fingerprint density at radius 1 is 1.12 bits per heavy atom. The average molecular weight is 345 g/mol. The van der Waals surface area contributed by atoms with Gasteiger partial charge in [0.25, 0.3) is 5.91 Å². The summed E-state index contributed by atoms with van der Waals surface area (Å²) in [5.41, 5.74) is 0.795. The lowest BCUT2D eigenvalue weighted by Gasteiger charge is -2.15. The molecule has 3 rings (SSSR count). The van der Waals surface area contributed by atoms with Crippen LogP contribution in [0.25, 0.3) is 6.08 Å². The van der Waals surface area contributed by atoms with E-state index in [0.29, 0.717) is 11.5 Å². The molecule has 1 amide bonds. The zero-order valence-electron chi connectivity index (χ0n) is 14.2. The van der Waals surface area contributed by atoms with Crippen LogP contribution < -0.4 is 14.8 Å². The van der Waals surface area contributed by atoms with Crippen molar-refractivity contribution in [2.75, 3.05) is 13.4 Å². The van der Waals surface area contributed by atoms with Crippen LogP contribution in [0.1, 0.15) is 44.1 Å². The molecule has 1 aromatic rings. The van der Waals surface area contributed by atoms with Crippen molar-refractivity contribution < 1.29 is 23.8 Å². The van der Waals surface area contributed by atoms with Crippen molar-refractivity contribution in [1.82, 2.24) is 5.32 Å². The predicted octanol–water partition coefficient (Wildman–Crippen LogP) is 2.81. The largest absolute Gasteiger partial charge is 0.454 e. The van der Waals surface area contributed by atoms with E-state index in [9.17, 15) is 9.59 Å². The van der Waals surface area contributed by atoms with Crippen LogP contribution in [0.2, 0.25) is 0 Å². The van der Waals surface area contributed by atoms with E-state index in [4.69, 9.17) is 14.2 Å². The fraction of sp³-hybridized carbons (Fsp3) is 0.474. The van der Waals surface area contributed by atoms with E-state index >= 15 is 0 Å². The topological polar surface area (TPSA) is 73.9 Å². The highest BCUT2D eigenvalue weighted by Crippen LogP contribution is 2.32. The number of benzene rings is 1. The van der Waals surface area contributed by atoms with Gasteiger partial charge in [-0.2, -0.15) is 0 Å². The molecule has 1 aliphatic carbocycles. The average Bonchev–Trinajstić information content (AvgIpc) is 2.94. The van der Waals surface area contributed by atoms with E-state index in [2.05, 4.69) is 5.32 Å². The number of hydrogen-bond acceptors (Lipinski definition) is 5. The van der Waals surface area contributed by atoms with Gasteiger partial charge in [-0.25, -0.2) is 4.79 Å². The van der Waals surface area contributed by atoms with Crippen molar-refractivity contribution in [3.63, 3.8) is 0 Å². The first-order chi connectivity index (χ1) is 12.2. The number of rotatable bonds is 5. The van der Waals surface area contributed by atoms with E-state index < -0.39 is 5.97 Å². The molecule has 1 fully saturated rings. The Balaban J connectivity index is 1.42. The molecule has 0 spiro atoms. The summed E-state index contributed by atoms with van der Waals surface area (Å²) in [6.07, 6.45) is 9.67. The van der Waals surface area contributed by atoms with Gasteiger partial charge in [0.15, 0.2) is 18.1 Å². The fourth-order valence-corrected chi connectivity index (χ4v) is 3.06. The van der Waals surface area contributed by atoms with E-state index in [1.165, 1.54) is 18.9 Å². The van der Waals surface area contributed by atoms with E-state index in [-0.39, 0.29) is 25.3 Å². The predicted molar refractivity (Wildman–Crippen MR) is 92.2 cm³/mol. The van der Waals surface area contributed by atoms with Crippen LogP contribution in [0.5, 0.6) is 11.5 Å². The summed E-state index contributed by atoms with van der Waals surface area (Å²) < 4.78 is 15.5. The Morgan fingerprint density at radius 2 is 1.88 bits per heavy atom. The maximum absolute atomic E-state index is 11.9. The quantitative estimate of drug-likeness (QED) is 0.505. The third kappa shape index (κ3) is 5.24. The summed E-state index contributed by atoms with van der Waals surface area (Å²) >= 11 is 0. The van der Waals surface area contributed by atoms with Crippen molar-refractivity contribution in [1.29, 1.82) is 0 Å². The smallest absolute Gasteiger partial charge is 0.331 e. The highest BCUT2D eigenvalue weighted by atomic mass is 16.7. The van der Waals surface area contributed by atoms with Gasteiger partial charge in [-0.15, -0.1) is 0 Å².